The molecular formula is C25H34N6O3. The lowest BCUT2D eigenvalue weighted by atomic mass is 10.00. The van der Waals surface area contributed by atoms with E-state index in [1.807, 2.05) is 19.9 Å². The van der Waals surface area contributed by atoms with Gasteiger partial charge in [0, 0.05) is 58.2 Å². The van der Waals surface area contributed by atoms with Gasteiger partial charge in [0.25, 0.3) is 5.91 Å². The number of nitrogens with zero attached hydrogens (tertiary/aromatic N) is 4. The topological polar surface area (TPSA) is 111 Å². The highest BCUT2D eigenvalue weighted by Gasteiger charge is 2.29. The van der Waals surface area contributed by atoms with Crippen LogP contribution in [0.15, 0.2) is 30.3 Å². The van der Waals surface area contributed by atoms with Gasteiger partial charge in [-0.2, -0.15) is 0 Å². The van der Waals surface area contributed by atoms with E-state index in [1.165, 1.54) is 11.1 Å². The number of carbonyl (C=O) groups is 2. The standard InChI is InChI=1S/C25H34N6O3/c1-16(2)24-28-22(10-23(29-24)27-20-13-31(14-20)17(3)32)25(34)26-11-21(33)15-30-9-8-18-6-4-5-7-19(18)12-30/h4-7,10,16,20-21,33H,8-9,11-15H2,1-3H3,(H,26,34)(H,27,28,29). The van der Waals surface area contributed by atoms with Gasteiger partial charge in [0.05, 0.1) is 12.1 Å². The summed E-state index contributed by atoms with van der Waals surface area (Å²) in [6, 6.07) is 10.1. The van der Waals surface area contributed by atoms with Crippen LogP contribution in [0, 0.1) is 0 Å². The van der Waals surface area contributed by atoms with Crippen LogP contribution in [0.2, 0.25) is 0 Å². The first-order valence-electron chi connectivity index (χ1n) is 11.9. The summed E-state index contributed by atoms with van der Waals surface area (Å²) in [6.45, 7) is 9.08. The van der Waals surface area contributed by atoms with Gasteiger partial charge in [-0.1, -0.05) is 38.1 Å². The van der Waals surface area contributed by atoms with Crippen LogP contribution >= 0.6 is 0 Å². The number of fused-ring (bicyclic) bond motifs is 1. The van der Waals surface area contributed by atoms with Crippen LogP contribution in [-0.2, 0) is 17.8 Å². The van der Waals surface area contributed by atoms with E-state index in [0.29, 0.717) is 31.3 Å². The number of aromatic nitrogens is 2. The number of β-amino-alcohol motifs (C(OH)–C–C–N with tert-alkyl or cyclic N) is 1. The Morgan fingerprint density at radius 2 is 1.91 bits per heavy atom. The van der Waals surface area contributed by atoms with Crippen molar-refractivity contribution in [2.75, 3.05) is 38.0 Å². The minimum absolute atomic E-state index is 0.0518. The van der Waals surface area contributed by atoms with Gasteiger partial charge in [-0.25, -0.2) is 9.97 Å². The molecule has 2 aromatic rings. The minimum atomic E-state index is -0.675. The quantitative estimate of drug-likeness (QED) is 0.539. The summed E-state index contributed by atoms with van der Waals surface area (Å²) in [5.41, 5.74) is 2.93. The molecule has 1 saturated heterocycles. The van der Waals surface area contributed by atoms with Gasteiger partial charge < -0.3 is 20.6 Å². The summed E-state index contributed by atoms with van der Waals surface area (Å²) in [6.07, 6.45) is 0.292. The fourth-order valence-electron chi connectivity index (χ4n) is 4.32. The molecule has 0 spiro atoms. The minimum Gasteiger partial charge on any atom is -0.390 e. The second-order valence-corrected chi connectivity index (χ2v) is 9.53. The fourth-order valence-corrected chi connectivity index (χ4v) is 4.32. The van der Waals surface area contributed by atoms with Crippen LogP contribution < -0.4 is 10.6 Å². The third-order valence-corrected chi connectivity index (χ3v) is 6.35. The molecule has 1 atom stereocenters. The van der Waals surface area contributed by atoms with Crippen molar-refractivity contribution in [1.29, 1.82) is 0 Å². The number of anilines is 1. The molecule has 0 aliphatic carbocycles. The molecule has 34 heavy (non-hydrogen) atoms. The van der Waals surface area contributed by atoms with Gasteiger partial charge in [-0.05, 0) is 17.5 Å². The first-order valence-corrected chi connectivity index (χ1v) is 11.9. The van der Waals surface area contributed by atoms with E-state index in [-0.39, 0.29) is 36.0 Å². The molecule has 4 rings (SSSR count). The van der Waals surface area contributed by atoms with Crippen molar-refractivity contribution in [3.63, 3.8) is 0 Å². The zero-order valence-electron chi connectivity index (χ0n) is 20.1. The first-order chi connectivity index (χ1) is 16.3. The van der Waals surface area contributed by atoms with Crippen molar-refractivity contribution >= 4 is 17.6 Å². The molecule has 0 radical (unpaired) electrons. The normalized spacial score (nSPS) is 17.1. The first kappa shape index (κ1) is 24.1. The molecule has 3 N–H and O–H groups in total. The van der Waals surface area contributed by atoms with E-state index in [2.05, 4.69) is 43.7 Å². The Bertz CT molecular complexity index is 1040. The second-order valence-electron chi connectivity index (χ2n) is 9.53. The maximum Gasteiger partial charge on any atom is 0.270 e. The highest BCUT2D eigenvalue weighted by Crippen LogP contribution is 2.19. The molecule has 1 fully saturated rings. The van der Waals surface area contributed by atoms with E-state index in [0.717, 1.165) is 19.5 Å². The average molecular weight is 467 g/mol. The van der Waals surface area contributed by atoms with Crippen LogP contribution in [0.5, 0.6) is 0 Å². The molecule has 0 saturated carbocycles. The molecule has 182 valence electrons. The van der Waals surface area contributed by atoms with Gasteiger partial charge in [0.2, 0.25) is 5.91 Å². The maximum atomic E-state index is 12.8. The number of rotatable bonds is 8. The number of hydrogen-bond acceptors (Lipinski definition) is 7. The Labute approximate surface area is 200 Å². The van der Waals surface area contributed by atoms with Crippen molar-refractivity contribution in [3.8, 4) is 0 Å². The summed E-state index contributed by atoms with van der Waals surface area (Å²) in [5.74, 6) is 0.913. The van der Waals surface area contributed by atoms with Crippen LogP contribution in [0.25, 0.3) is 0 Å². The van der Waals surface area contributed by atoms with Crippen LogP contribution in [0.1, 0.15) is 54.1 Å². The zero-order valence-corrected chi connectivity index (χ0v) is 20.1. The Hall–Kier alpha value is -3.04. The summed E-state index contributed by atoms with van der Waals surface area (Å²) >= 11 is 0. The highest BCUT2D eigenvalue weighted by molar-refractivity contribution is 5.93. The summed E-state index contributed by atoms with van der Waals surface area (Å²) in [7, 11) is 0. The summed E-state index contributed by atoms with van der Waals surface area (Å²) < 4.78 is 0. The van der Waals surface area contributed by atoms with E-state index >= 15 is 0 Å². The number of nitrogens with one attached hydrogen (secondary N) is 2. The number of hydrogen-bond donors (Lipinski definition) is 3. The maximum absolute atomic E-state index is 12.8. The Morgan fingerprint density at radius 1 is 1.18 bits per heavy atom. The summed E-state index contributed by atoms with van der Waals surface area (Å²) in [4.78, 5) is 37.2. The summed E-state index contributed by atoms with van der Waals surface area (Å²) in [5, 5.41) is 16.7. The van der Waals surface area contributed by atoms with Crippen molar-refractivity contribution in [2.45, 2.75) is 51.8 Å². The molecule has 1 unspecified atom stereocenters. The molecule has 3 heterocycles. The zero-order chi connectivity index (χ0) is 24.2. The Balaban J connectivity index is 1.32. The number of likely N-dealkylation sites (tertiary alicyclic amines) is 1. The van der Waals surface area contributed by atoms with E-state index in [1.54, 1.807) is 17.9 Å². The number of aliphatic hydroxyl groups is 1. The lowest BCUT2D eigenvalue weighted by Gasteiger charge is -2.39. The molecule has 9 nitrogen and oxygen atoms in total. The SMILES string of the molecule is CC(=O)N1CC(Nc2cc(C(=O)NCC(O)CN3CCc4ccccc4C3)nc(C(C)C)n2)C1. The van der Waals surface area contributed by atoms with Crippen molar-refractivity contribution in [3.05, 3.63) is 53.0 Å². The van der Waals surface area contributed by atoms with Gasteiger partial charge in [-0.15, -0.1) is 0 Å². The van der Waals surface area contributed by atoms with Gasteiger partial charge in [0.15, 0.2) is 0 Å². The Morgan fingerprint density at radius 3 is 2.62 bits per heavy atom. The van der Waals surface area contributed by atoms with Gasteiger partial charge >= 0.3 is 0 Å². The van der Waals surface area contributed by atoms with Gasteiger partial charge in [-0.3, -0.25) is 14.5 Å². The molecule has 9 heteroatoms. The smallest absolute Gasteiger partial charge is 0.270 e. The number of aliphatic hydroxyl groups excluding tert-OH is 1. The highest BCUT2D eigenvalue weighted by atomic mass is 16.3. The van der Waals surface area contributed by atoms with Crippen LogP contribution in [-0.4, -0.2) is 81.6 Å². The van der Waals surface area contributed by atoms with Crippen molar-refractivity contribution < 1.29 is 14.7 Å². The third kappa shape index (κ3) is 5.90. The van der Waals surface area contributed by atoms with E-state index < -0.39 is 6.10 Å². The molecule has 2 amide bonds. The lowest BCUT2D eigenvalue weighted by molar-refractivity contribution is -0.132. The predicted octanol–water partition coefficient (Wildman–Crippen LogP) is 1.39. The molecule has 0 bridgehead atoms. The molecule has 1 aromatic carbocycles. The molecule has 2 aliphatic rings. The van der Waals surface area contributed by atoms with Crippen molar-refractivity contribution in [1.82, 2.24) is 25.1 Å². The molecule has 2 aliphatic heterocycles. The number of amides is 2. The Kier molecular flexibility index (Phi) is 7.43. The lowest BCUT2D eigenvalue weighted by Crippen LogP contribution is -2.56. The molecule has 1 aromatic heterocycles. The van der Waals surface area contributed by atoms with Crippen LogP contribution in [0.4, 0.5) is 5.82 Å². The molecular weight excluding hydrogens is 432 g/mol. The average Bonchev–Trinajstić information content (AvgIpc) is 2.79. The van der Waals surface area contributed by atoms with E-state index in [9.17, 15) is 14.7 Å². The van der Waals surface area contributed by atoms with Crippen LogP contribution in [0.3, 0.4) is 0 Å². The second kappa shape index (κ2) is 10.5. The monoisotopic (exact) mass is 466 g/mol. The number of benzene rings is 1. The fraction of sp³-hybridized carbons (Fsp3) is 0.520. The van der Waals surface area contributed by atoms with Crippen molar-refractivity contribution in [2.24, 2.45) is 0 Å². The largest absolute Gasteiger partial charge is 0.390 e. The van der Waals surface area contributed by atoms with Gasteiger partial charge in [0.1, 0.15) is 17.3 Å². The third-order valence-electron chi connectivity index (χ3n) is 6.35. The number of carbonyl (C=O) groups excluding carboxylic acids is 2. The predicted molar refractivity (Wildman–Crippen MR) is 130 cm³/mol. The van der Waals surface area contributed by atoms with E-state index in [4.69, 9.17) is 0 Å².